The first-order valence-corrected chi connectivity index (χ1v) is 7.91. The second kappa shape index (κ2) is 6.72. The lowest BCUT2D eigenvalue weighted by molar-refractivity contribution is 0.0967. The molecule has 0 bridgehead atoms. The minimum absolute atomic E-state index is 0.288. The van der Waals surface area contributed by atoms with Gasteiger partial charge in [0.1, 0.15) is 5.54 Å². The highest BCUT2D eigenvalue weighted by Gasteiger charge is 2.37. The van der Waals surface area contributed by atoms with Gasteiger partial charge in [0.2, 0.25) is 0 Å². The van der Waals surface area contributed by atoms with Crippen molar-refractivity contribution in [1.82, 2.24) is 5.32 Å². The molecule has 3 unspecified atom stereocenters. The molecule has 0 radical (unpaired) electrons. The van der Waals surface area contributed by atoms with Crippen LogP contribution in [0.5, 0.6) is 0 Å². The molecule has 1 aliphatic heterocycles. The first kappa shape index (κ1) is 14.8. The quantitative estimate of drug-likeness (QED) is 0.829. The third-order valence-corrected chi connectivity index (χ3v) is 4.56. The van der Waals surface area contributed by atoms with Crippen LogP contribution in [0.2, 0.25) is 0 Å². The molecule has 1 saturated carbocycles. The Bertz CT molecular complexity index is 317. The normalized spacial score (nSPS) is 35.5. The monoisotopic (exact) mass is 264 g/mol. The van der Waals surface area contributed by atoms with Crippen LogP contribution in [0.4, 0.5) is 0 Å². The van der Waals surface area contributed by atoms with E-state index in [0.29, 0.717) is 12.0 Å². The highest BCUT2D eigenvalue weighted by molar-refractivity contribution is 5.10. The van der Waals surface area contributed by atoms with Crippen LogP contribution in [0.1, 0.15) is 58.8 Å². The van der Waals surface area contributed by atoms with Crippen molar-refractivity contribution in [3.8, 4) is 6.07 Å². The zero-order valence-electron chi connectivity index (χ0n) is 12.5. The Morgan fingerprint density at radius 3 is 2.84 bits per heavy atom. The van der Waals surface area contributed by atoms with Gasteiger partial charge in [0.25, 0.3) is 0 Å². The molecular formula is C16H28N2O. The Morgan fingerprint density at radius 2 is 2.21 bits per heavy atom. The number of hydrogen-bond donors (Lipinski definition) is 1. The Kier molecular flexibility index (Phi) is 5.24. The van der Waals surface area contributed by atoms with Crippen LogP contribution in [0.15, 0.2) is 0 Å². The molecule has 1 heterocycles. The number of nitrogens with one attached hydrogen (secondary N) is 1. The number of ether oxygens (including phenoxy) is 1. The van der Waals surface area contributed by atoms with E-state index in [-0.39, 0.29) is 5.54 Å². The number of nitrogens with zero attached hydrogens (tertiary/aromatic N) is 1. The van der Waals surface area contributed by atoms with Gasteiger partial charge in [0.15, 0.2) is 0 Å². The van der Waals surface area contributed by atoms with E-state index in [0.717, 1.165) is 38.3 Å². The molecule has 3 atom stereocenters. The molecule has 108 valence electrons. The Balaban J connectivity index is 1.87. The largest absolute Gasteiger partial charge is 0.377 e. The number of hydrogen-bond acceptors (Lipinski definition) is 3. The van der Waals surface area contributed by atoms with Crippen molar-refractivity contribution in [2.75, 3.05) is 13.2 Å². The summed E-state index contributed by atoms with van der Waals surface area (Å²) in [5.74, 6) is 1.45. The predicted octanol–water partition coefficient (Wildman–Crippen LogP) is 3.25. The van der Waals surface area contributed by atoms with Crippen LogP contribution in [0, 0.1) is 23.2 Å². The molecule has 2 fully saturated rings. The molecule has 0 amide bonds. The van der Waals surface area contributed by atoms with Crippen molar-refractivity contribution in [2.24, 2.45) is 11.8 Å². The van der Waals surface area contributed by atoms with Crippen LogP contribution in [-0.2, 0) is 4.74 Å². The lowest BCUT2D eigenvalue weighted by Gasteiger charge is -2.37. The SMILES string of the molecule is CC(C)CC1CCCC(C#N)(NCC2CCCO2)C1. The van der Waals surface area contributed by atoms with E-state index < -0.39 is 0 Å². The summed E-state index contributed by atoms with van der Waals surface area (Å²) >= 11 is 0. The molecule has 0 aromatic carbocycles. The Morgan fingerprint density at radius 1 is 1.37 bits per heavy atom. The molecular weight excluding hydrogens is 236 g/mol. The van der Waals surface area contributed by atoms with Gasteiger partial charge < -0.3 is 4.74 Å². The molecule has 1 saturated heterocycles. The maximum atomic E-state index is 9.61. The second-order valence-electron chi connectivity index (χ2n) is 6.80. The van der Waals surface area contributed by atoms with Gasteiger partial charge in [-0.05, 0) is 43.9 Å². The summed E-state index contributed by atoms with van der Waals surface area (Å²) in [7, 11) is 0. The van der Waals surface area contributed by atoms with Crippen LogP contribution < -0.4 is 5.32 Å². The van der Waals surface area contributed by atoms with Crippen LogP contribution >= 0.6 is 0 Å². The highest BCUT2D eigenvalue weighted by atomic mass is 16.5. The van der Waals surface area contributed by atoms with Crippen molar-refractivity contribution in [3.63, 3.8) is 0 Å². The van der Waals surface area contributed by atoms with Crippen molar-refractivity contribution >= 4 is 0 Å². The van der Waals surface area contributed by atoms with Gasteiger partial charge in [-0.2, -0.15) is 5.26 Å². The zero-order chi connectivity index (χ0) is 13.7. The van der Waals surface area contributed by atoms with Crippen LogP contribution in [-0.4, -0.2) is 24.8 Å². The predicted molar refractivity (Wildman–Crippen MR) is 76.7 cm³/mol. The van der Waals surface area contributed by atoms with Gasteiger partial charge in [-0.25, -0.2) is 0 Å². The standard InChI is InChI=1S/C16H28N2O/c1-13(2)9-14-5-3-7-16(10-14,12-17)18-11-15-6-4-8-19-15/h13-15,18H,3-11H2,1-2H3. The fourth-order valence-electron chi connectivity index (χ4n) is 3.67. The fraction of sp³-hybridized carbons (Fsp3) is 0.938. The van der Waals surface area contributed by atoms with Gasteiger partial charge in [0.05, 0.1) is 12.2 Å². The molecule has 1 N–H and O–H groups in total. The van der Waals surface area contributed by atoms with Crippen molar-refractivity contribution in [2.45, 2.75) is 70.4 Å². The fourth-order valence-corrected chi connectivity index (χ4v) is 3.67. The number of rotatable bonds is 5. The molecule has 1 aliphatic carbocycles. The van der Waals surface area contributed by atoms with Crippen LogP contribution in [0.3, 0.4) is 0 Å². The van der Waals surface area contributed by atoms with Crippen molar-refractivity contribution in [3.05, 3.63) is 0 Å². The average Bonchev–Trinajstić information content (AvgIpc) is 2.89. The average molecular weight is 264 g/mol. The molecule has 3 nitrogen and oxygen atoms in total. The Labute approximate surface area is 117 Å². The minimum atomic E-state index is -0.288. The lowest BCUT2D eigenvalue weighted by Crippen LogP contribution is -2.50. The maximum Gasteiger partial charge on any atom is 0.107 e. The summed E-state index contributed by atoms with van der Waals surface area (Å²) in [6.45, 7) is 6.30. The van der Waals surface area contributed by atoms with E-state index in [1.807, 2.05) is 0 Å². The van der Waals surface area contributed by atoms with E-state index in [9.17, 15) is 5.26 Å². The molecule has 2 aliphatic rings. The third kappa shape index (κ3) is 4.19. The molecule has 19 heavy (non-hydrogen) atoms. The van der Waals surface area contributed by atoms with Gasteiger partial charge >= 0.3 is 0 Å². The smallest absolute Gasteiger partial charge is 0.107 e. The first-order chi connectivity index (χ1) is 9.13. The summed E-state index contributed by atoms with van der Waals surface area (Å²) in [6.07, 6.45) is 8.40. The van der Waals surface area contributed by atoms with E-state index in [2.05, 4.69) is 25.2 Å². The Hall–Kier alpha value is -0.590. The van der Waals surface area contributed by atoms with Crippen LogP contribution in [0.25, 0.3) is 0 Å². The maximum absolute atomic E-state index is 9.61. The zero-order valence-corrected chi connectivity index (χ0v) is 12.5. The van der Waals surface area contributed by atoms with Gasteiger partial charge in [-0.15, -0.1) is 0 Å². The molecule has 3 heteroatoms. The molecule has 0 aromatic heterocycles. The van der Waals surface area contributed by atoms with E-state index in [1.54, 1.807) is 0 Å². The summed E-state index contributed by atoms with van der Waals surface area (Å²) in [6, 6.07) is 2.58. The summed E-state index contributed by atoms with van der Waals surface area (Å²) in [4.78, 5) is 0. The summed E-state index contributed by atoms with van der Waals surface area (Å²) in [5.41, 5.74) is -0.288. The van der Waals surface area contributed by atoms with Crippen molar-refractivity contribution < 1.29 is 4.74 Å². The topological polar surface area (TPSA) is 45.0 Å². The van der Waals surface area contributed by atoms with Gasteiger partial charge in [-0.1, -0.05) is 26.7 Å². The highest BCUT2D eigenvalue weighted by Crippen LogP contribution is 2.35. The lowest BCUT2D eigenvalue weighted by atomic mass is 9.73. The second-order valence-corrected chi connectivity index (χ2v) is 6.80. The minimum Gasteiger partial charge on any atom is -0.377 e. The van der Waals surface area contributed by atoms with E-state index in [4.69, 9.17) is 4.74 Å². The summed E-state index contributed by atoms with van der Waals surface area (Å²) < 4.78 is 5.65. The first-order valence-electron chi connectivity index (χ1n) is 7.91. The van der Waals surface area contributed by atoms with E-state index in [1.165, 1.54) is 25.7 Å². The van der Waals surface area contributed by atoms with Gasteiger partial charge in [-0.3, -0.25) is 5.32 Å². The van der Waals surface area contributed by atoms with E-state index >= 15 is 0 Å². The molecule has 0 aromatic rings. The van der Waals surface area contributed by atoms with Crippen molar-refractivity contribution in [1.29, 1.82) is 5.26 Å². The van der Waals surface area contributed by atoms with Gasteiger partial charge in [0, 0.05) is 13.2 Å². The summed E-state index contributed by atoms with van der Waals surface area (Å²) in [5, 5.41) is 13.2. The molecule has 2 rings (SSSR count). The third-order valence-electron chi connectivity index (χ3n) is 4.56. The number of nitriles is 1. The molecule has 0 spiro atoms.